The Balaban J connectivity index is 2.31. The molecule has 0 radical (unpaired) electrons. The molecule has 1 aliphatic rings. The molecule has 0 bridgehead atoms. The van der Waals surface area contributed by atoms with Crippen molar-refractivity contribution in [1.82, 2.24) is 4.31 Å². The summed E-state index contributed by atoms with van der Waals surface area (Å²) in [6, 6.07) is 3.99. The van der Waals surface area contributed by atoms with Crippen molar-refractivity contribution < 1.29 is 16.8 Å². The van der Waals surface area contributed by atoms with Gasteiger partial charge in [0.1, 0.15) is 4.90 Å². The minimum Gasteiger partial charge on any atom is -0.384 e. The molecule has 2 rings (SSSR count). The first kappa shape index (κ1) is 19.2. The Hall–Kier alpha value is -1.16. The molecule has 136 valence electrons. The zero-order chi connectivity index (χ0) is 18.0. The Labute approximate surface area is 144 Å². The molecule has 0 atom stereocenters. The van der Waals surface area contributed by atoms with Gasteiger partial charge in [-0.2, -0.15) is 0 Å². The van der Waals surface area contributed by atoms with E-state index in [9.17, 15) is 16.8 Å². The Morgan fingerprint density at radius 3 is 2.29 bits per heavy atom. The third kappa shape index (κ3) is 4.47. The van der Waals surface area contributed by atoms with Gasteiger partial charge >= 0.3 is 0 Å². The van der Waals surface area contributed by atoms with E-state index in [1.54, 1.807) is 0 Å². The number of rotatable bonds is 6. The minimum absolute atomic E-state index is 0.0975. The number of sulfonamides is 2. The highest BCUT2D eigenvalue weighted by atomic mass is 32.2. The summed E-state index contributed by atoms with van der Waals surface area (Å²) in [5.41, 5.74) is 0.348. The summed E-state index contributed by atoms with van der Waals surface area (Å²) < 4.78 is 49.2. The number of nitrogens with one attached hydrogen (secondary N) is 1. The van der Waals surface area contributed by atoms with Crippen molar-refractivity contribution in [3.05, 3.63) is 18.2 Å². The standard InChI is InChI=1S/C15H25N3O4S2/c1-18(2)24(21,22)13-8-9-14(15(10-13)23(16,19)20)17-11-12-6-4-3-5-7-12/h8-10,12,17H,3-7,11H2,1-2H3,(H2,16,19,20). The van der Waals surface area contributed by atoms with Crippen molar-refractivity contribution in [2.75, 3.05) is 26.0 Å². The second-order valence-electron chi connectivity index (χ2n) is 6.38. The van der Waals surface area contributed by atoms with Crippen LogP contribution in [0.1, 0.15) is 32.1 Å². The molecule has 0 unspecified atom stereocenters. The van der Waals surface area contributed by atoms with E-state index in [4.69, 9.17) is 5.14 Å². The topological polar surface area (TPSA) is 110 Å². The van der Waals surface area contributed by atoms with Crippen LogP contribution in [0.5, 0.6) is 0 Å². The maximum Gasteiger partial charge on any atom is 0.242 e. The zero-order valence-corrected chi connectivity index (χ0v) is 15.7. The van der Waals surface area contributed by atoms with E-state index >= 15 is 0 Å². The first-order valence-corrected chi connectivity index (χ1v) is 10.9. The Bertz CT molecular complexity index is 783. The summed E-state index contributed by atoms with van der Waals surface area (Å²) in [5.74, 6) is 0.497. The van der Waals surface area contributed by atoms with Crippen molar-refractivity contribution in [1.29, 1.82) is 0 Å². The van der Waals surface area contributed by atoms with E-state index in [0.717, 1.165) is 23.2 Å². The van der Waals surface area contributed by atoms with Gasteiger partial charge in [0.2, 0.25) is 20.0 Å². The van der Waals surface area contributed by atoms with Crippen LogP contribution in [0.4, 0.5) is 5.69 Å². The highest BCUT2D eigenvalue weighted by Gasteiger charge is 2.23. The van der Waals surface area contributed by atoms with E-state index in [1.807, 2.05) is 0 Å². The summed E-state index contributed by atoms with van der Waals surface area (Å²) in [4.78, 5) is -0.291. The lowest BCUT2D eigenvalue weighted by Crippen LogP contribution is -2.24. The third-order valence-corrected chi connectivity index (χ3v) is 7.11. The van der Waals surface area contributed by atoms with Gasteiger partial charge in [-0.25, -0.2) is 26.3 Å². The predicted molar refractivity (Wildman–Crippen MR) is 93.8 cm³/mol. The second kappa shape index (κ2) is 7.38. The molecule has 1 aromatic carbocycles. The lowest BCUT2D eigenvalue weighted by atomic mass is 9.89. The molecule has 9 heteroatoms. The summed E-state index contributed by atoms with van der Waals surface area (Å²) >= 11 is 0. The van der Waals surface area contributed by atoms with Gasteiger partial charge < -0.3 is 5.32 Å². The summed E-state index contributed by atoms with van der Waals surface area (Å²) in [6.45, 7) is 0.655. The monoisotopic (exact) mass is 375 g/mol. The van der Waals surface area contributed by atoms with Crippen LogP contribution < -0.4 is 10.5 Å². The van der Waals surface area contributed by atoms with Crippen LogP contribution in [0.3, 0.4) is 0 Å². The molecular weight excluding hydrogens is 350 g/mol. The van der Waals surface area contributed by atoms with Crippen LogP contribution in [0, 0.1) is 5.92 Å². The fourth-order valence-electron chi connectivity index (χ4n) is 2.90. The SMILES string of the molecule is CN(C)S(=O)(=O)c1ccc(NCC2CCCCC2)c(S(N)(=O)=O)c1. The Kier molecular flexibility index (Phi) is 5.90. The number of anilines is 1. The van der Waals surface area contributed by atoms with Gasteiger partial charge in [0.05, 0.1) is 10.6 Å². The molecule has 0 aromatic heterocycles. The highest BCUT2D eigenvalue weighted by Crippen LogP contribution is 2.28. The van der Waals surface area contributed by atoms with Crippen molar-refractivity contribution in [2.24, 2.45) is 11.1 Å². The molecule has 1 aliphatic carbocycles. The minimum atomic E-state index is -4.04. The van der Waals surface area contributed by atoms with Crippen molar-refractivity contribution in [3.8, 4) is 0 Å². The van der Waals surface area contributed by atoms with Crippen molar-refractivity contribution in [2.45, 2.75) is 41.9 Å². The smallest absolute Gasteiger partial charge is 0.242 e. The fourth-order valence-corrected chi connectivity index (χ4v) is 4.64. The van der Waals surface area contributed by atoms with Crippen LogP contribution in [0.2, 0.25) is 0 Å². The van der Waals surface area contributed by atoms with E-state index in [-0.39, 0.29) is 9.79 Å². The molecule has 1 saturated carbocycles. The fraction of sp³-hybridized carbons (Fsp3) is 0.600. The molecule has 0 saturated heterocycles. The van der Waals surface area contributed by atoms with Crippen LogP contribution in [-0.4, -0.2) is 41.8 Å². The lowest BCUT2D eigenvalue weighted by molar-refractivity contribution is 0.373. The van der Waals surface area contributed by atoms with Crippen LogP contribution in [-0.2, 0) is 20.0 Å². The van der Waals surface area contributed by atoms with Gasteiger partial charge in [0.25, 0.3) is 0 Å². The number of hydrogen-bond acceptors (Lipinski definition) is 5. The maximum atomic E-state index is 12.2. The first-order valence-electron chi connectivity index (χ1n) is 7.95. The van der Waals surface area contributed by atoms with Gasteiger partial charge in [0.15, 0.2) is 0 Å². The molecule has 0 heterocycles. The van der Waals surface area contributed by atoms with E-state index < -0.39 is 20.0 Å². The quantitative estimate of drug-likeness (QED) is 0.784. The summed E-state index contributed by atoms with van der Waals surface area (Å²) in [5, 5.41) is 8.41. The van der Waals surface area contributed by atoms with Gasteiger partial charge in [0, 0.05) is 20.6 Å². The predicted octanol–water partition coefficient (Wildman–Crippen LogP) is 1.58. The Morgan fingerprint density at radius 2 is 1.75 bits per heavy atom. The van der Waals surface area contributed by atoms with Crippen LogP contribution >= 0.6 is 0 Å². The van der Waals surface area contributed by atoms with Gasteiger partial charge in [-0.15, -0.1) is 0 Å². The maximum absolute atomic E-state index is 12.2. The zero-order valence-electron chi connectivity index (χ0n) is 14.0. The number of nitrogens with two attached hydrogens (primary N) is 1. The van der Waals surface area contributed by atoms with Gasteiger partial charge in [-0.3, -0.25) is 0 Å². The summed E-state index contributed by atoms with van der Waals surface area (Å²) in [6.07, 6.45) is 5.86. The van der Waals surface area contributed by atoms with Gasteiger partial charge in [-0.05, 0) is 37.0 Å². The van der Waals surface area contributed by atoms with E-state index in [2.05, 4.69) is 5.32 Å². The molecule has 1 aromatic rings. The lowest BCUT2D eigenvalue weighted by Gasteiger charge is -2.23. The number of benzene rings is 1. The molecule has 1 fully saturated rings. The number of nitrogens with zero attached hydrogens (tertiary/aromatic N) is 1. The van der Waals surface area contributed by atoms with Crippen molar-refractivity contribution in [3.63, 3.8) is 0 Å². The first-order chi connectivity index (χ1) is 11.1. The molecule has 24 heavy (non-hydrogen) atoms. The van der Waals surface area contributed by atoms with Crippen LogP contribution in [0.25, 0.3) is 0 Å². The average molecular weight is 376 g/mol. The molecule has 7 nitrogen and oxygen atoms in total. The third-order valence-electron chi connectivity index (χ3n) is 4.34. The molecule has 0 aliphatic heterocycles. The average Bonchev–Trinajstić information content (AvgIpc) is 2.52. The van der Waals surface area contributed by atoms with E-state index in [0.29, 0.717) is 18.2 Å². The van der Waals surface area contributed by atoms with Crippen molar-refractivity contribution >= 4 is 25.7 Å². The van der Waals surface area contributed by atoms with Crippen LogP contribution in [0.15, 0.2) is 28.0 Å². The number of primary sulfonamides is 1. The van der Waals surface area contributed by atoms with E-state index in [1.165, 1.54) is 45.5 Å². The highest BCUT2D eigenvalue weighted by molar-refractivity contribution is 7.90. The van der Waals surface area contributed by atoms with Gasteiger partial charge in [-0.1, -0.05) is 19.3 Å². The molecule has 0 spiro atoms. The molecule has 0 amide bonds. The number of hydrogen-bond donors (Lipinski definition) is 2. The Morgan fingerprint density at radius 1 is 1.12 bits per heavy atom. The largest absolute Gasteiger partial charge is 0.384 e. The molecular formula is C15H25N3O4S2. The molecule has 3 N–H and O–H groups in total. The second-order valence-corrected chi connectivity index (χ2v) is 10.1. The summed E-state index contributed by atoms with van der Waals surface area (Å²) in [7, 11) is -4.99. The normalized spacial score (nSPS) is 17.2.